The van der Waals surface area contributed by atoms with E-state index in [2.05, 4.69) is 0 Å². The predicted octanol–water partition coefficient (Wildman–Crippen LogP) is 2.19. The van der Waals surface area contributed by atoms with Crippen LogP contribution in [-0.2, 0) is 4.79 Å². The second-order valence-corrected chi connectivity index (χ2v) is 3.50. The summed E-state index contributed by atoms with van der Waals surface area (Å²) >= 11 is 0. The van der Waals surface area contributed by atoms with Gasteiger partial charge in [0.05, 0.1) is 17.7 Å². The van der Waals surface area contributed by atoms with Gasteiger partial charge in [0.2, 0.25) is 0 Å². The molecule has 0 aromatic heterocycles. The summed E-state index contributed by atoms with van der Waals surface area (Å²) in [6, 6.07) is 8.82. The summed E-state index contributed by atoms with van der Waals surface area (Å²) in [5.41, 5.74) is 0.530. The van der Waals surface area contributed by atoms with Crippen LogP contribution in [0.1, 0.15) is 25.3 Å². The van der Waals surface area contributed by atoms with Crippen molar-refractivity contribution in [1.82, 2.24) is 0 Å². The third kappa shape index (κ3) is 4.01. The van der Waals surface area contributed by atoms with E-state index in [1.165, 1.54) is 0 Å². The molecule has 1 rings (SSSR count). The highest BCUT2D eigenvalue weighted by Crippen LogP contribution is 2.15. The van der Waals surface area contributed by atoms with E-state index in [0.29, 0.717) is 17.7 Å². The molecule has 4 heteroatoms. The molecule has 1 atom stereocenters. The fraction of sp³-hybridized carbons (Fsp3) is 0.333. The molecule has 84 valence electrons. The highest BCUT2D eigenvalue weighted by molar-refractivity contribution is 5.66. The summed E-state index contributed by atoms with van der Waals surface area (Å²) in [4.78, 5) is 10.4. The molecule has 0 saturated carbocycles. The molecule has 0 spiro atoms. The molecule has 16 heavy (non-hydrogen) atoms. The van der Waals surface area contributed by atoms with E-state index in [9.17, 15) is 4.79 Å². The second-order valence-electron chi connectivity index (χ2n) is 3.50. The lowest BCUT2D eigenvalue weighted by molar-refractivity contribution is -0.137. The van der Waals surface area contributed by atoms with Crippen LogP contribution in [0.25, 0.3) is 0 Å². The Morgan fingerprint density at radius 1 is 1.62 bits per heavy atom. The molecule has 0 bridgehead atoms. The lowest BCUT2D eigenvalue weighted by Gasteiger charge is -2.13. The van der Waals surface area contributed by atoms with Crippen LogP contribution in [0.2, 0.25) is 0 Å². The molecule has 0 heterocycles. The van der Waals surface area contributed by atoms with Crippen molar-refractivity contribution in [3.63, 3.8) is 0 Å². The SMILES string of the molecule is CC(CCC(=O)O)Oc1cccc(C#N)c1. The van der Waals surface area contributed by atoms with Crippen LogP contribution in [0.5, 0.6) is 5.75 Å². The molecule has 1 unspecified atom stereocenters. The molecular weight excluding hydrogens is 206 g/mol. The molecule has 1 aromatic carbocycles. The zero-order valence-electron chi connectivity index (χ0n) is 9.01. The number of hydrogen-bond acceptors (Lipinski definition) is 3. The molecule has 0 fully saturated rings. The number of rotatable bonds is 5. The average molecular weight is 219 g/mol. The minimum atomic E-state index is -0.832. The minimum absolute atomic E-state index is 0.0824. The van der Waals surface area contributed by atoms with Crippen LogP contribution < -0.4 is 4.74 Å². The van der Waals surface area contributed by atoms with E-state index in [-0.39, 0.29) is 12.5 Å². The van der Waals surface area contributed by atoms with Gasteiger partial charge in [0.25, 0.3) is 0 Å². The highest BCUT2D eigenvalue weighted by Gasteiger charge is 2.07. The van der Waals surface area contributed by atoms with Crippen LogP contribution in [0, 0.1) is 11.3 Å². The van der Waals surface area contributed by atoms with Crippen LogP contribution in [0.4, 0.5) is 0 Å². The van der Waals surface area contributed by atoms with Crippen LogP contribution in [0.15, 0.2) is 24.3 Å². The van der Waals surface area contributed by atoms with Crippen molar-refractivity contribution in [3.8, 4) is 11.8 Å². The summed E-state index contributed by atoms with van der Waals surface area (Å²) in [5, 5.41) is 17.2. The van der Waals surface area contributed by atoms with E-state index in [1.807, 2.05) is 13.0 Å². The van der Waals surface area contributed by atoms with Gasteiger partial charge in [0.1, 0.15) is 5.75 Å². The number of nitrogens with zero attached hydrogens (tertiary/aromatic N) is 1. The maximum absolute atomic E-state index is 10.4. The van der Waals surface area contributed by atoms with E-state index < -0.39 is 5.97 Å². The van der Waals surface area contributed by atoms with Gasteiger partial charge in [0, 0.05) is 6.42 Å². The number of aliphatic carboxylic acids is 1. The molecule has 0 aliphatic heterocycles. The number of hydrogen-bond donors (Lipinski definition) is 1. The van der Waals surface area contributed by atoms with Crippen LogP contribution in [0.3, 0.4) is 0 Å². The monoisotopic (exact) mass is 219 g/mol. The van der Waals surface area contributed by atoms with Gasteiger partial charge in [-0.1, -0.05) is 6.07 Å². The molecule has 0 radical (unpaired) electrons. The standard InChI is InChI=1S/C12H13NO3/c1-9(5-6-12(14)15)16-11-4-2-3-10(7-11)8-13/h2-4,7,9H,5-6H2,1H3,(H,14,15). The largest absolute Gasteiger partial charge is 0.491 e. The normalized spacial score (nSPS) is 11.5. The fourth-order valence-corrected chi connectivity index (χ4v) is 1.26. The van der Waals surface area contributed by atoms with E-state index in [1.54, 1.807) is 24.3 Å². The van der Waals surface area contributed by atoms with Crippen molar-refractivity contribution in [3.05, 3.63) is 29.8 Å². The van der Waals surface area contributed by atoms with Crippen molar-refractivity contribution in [1.29, 1.82) is 5.26 Å². The van der Waals surface area contributed by atoms with Crippen LogP contribution >= 0.6 is 0 Å². The maximum Gasteiger partial charge on any atom is 0.303 e. The number of nitriles is 1. The van der Waals surface area contributed by atoms with E-state index in [0.717, 1.165) is 0 Å². The Labute approximate surface area is 94.1 Å². The zero-order valence-corrected chi connectivity index (χ0v) is 9.01. The second kappa shape index (κ2) is 5.76. The molecule has 1 aromatic rings. The Bertz CT molecular complexity index is 409. The molecule has 4 nitrogen and oxygen atoms in total. The molecule has 0 aliphatic carbocycles. The van der Waals surface area contributed by atoms with Crippen LogP contribution in [-0.4, -0.2) is 17.2 Å². The van der Waals surface area contributed by atoms with Crippen molar-refractivity contribution in [2.75, 3.05) is 0 Å². The topological polar surface area (TPSA) is 70.3 Å². The Morgan fingerprint density at radius 3 is 3.00 bits per heavy atom. The molecule has 0 saturated heterocycles. The molecule has 0 amide bonds. The summed E-state index contributed by atoms with van der Waals surface area (Å²) in [6.45, 7) is 1.81. The van der Waals surface area contributed by atoms with Gasteiger partial charge in [-0.05, 0) is 31.5 Å². The van der Waals surface area contributed by atoms with Gasteiger partial charge in [-0.2, -0.15) is 5.26 Å². The predicted molar refractivity (Wildman–Crippen MR) is 58.1 cm³/mol. The Hall–Kier alpha value is -2.02. The number of carboxylic acid groups (broad SMARTS) is 1. The number of carbonyl (C=O) groups is 1. The molecule has 0 aliphatic rings. The number of carboxylic acids is 1. The van der Waals surface area contributed by atoms with Gasteiger partial charge in [-0.15, -0.1) is 0 Å². The van der Waals surface area contributed by atoms with Gasteiger partial charge >= 0.3 is 5.97 Å². The van der Waals surface area contributed by atoms with Crippen molar-refractivity contribution in [2.24, 2.45) is 0 Å². The first-order valence-corrected chi connectivity index (χ1v) is 5.00. The quantitative estimate of drug-likeness (QED) is 0.824. The van der Waals surface area contributed by atoms with Gasteiger partial charge in [0.15, 0.2) is 0 Å². The lowest BCUT2D eigenvalue weighted by Crippen LogP contribution is -2.13. The van der Waals surface area contributed by atoms with Crippen molar-refractivity contribution < 1.29 is 14.6 Å². The zero-order chi connectivity index (χ0) is 12.0. The Morgan fingerprint density at radius 2 is 2.38 bits per heavy atom. The highest BCUT2D eigenvalue weighted by atomic mass is 16.5. The van der Waals surface area contributed by atoms with Gasteiger partial charge in [-0.3, -0.25) is 4.79 Å². The summed E-state index contributed by atoms with van der Waals surface area (Å²) in [6.07, 6.45) is 0.357. The first-order chi connectivity index (χ1) is 7.61. The Kier molecular flexibility index (Phi) is 4.34. The third-order valence-corrected chi connectivity index (χ3v) is 2.07. The van der Waals surface area contributed by atoms with Gasteiger partial charge in [-0.25, -0.2) is 0 Å². The number of ether oxygens (including phenoxy) is 1. The van der Waals surface area contributed by atoms with E-state index >= 15 is 0 Å². The first kappa shape index (κ1) is 12.1. The smallest absolute Gasteiger partial charge is 0.303 e. The van der Waals surface area contributed by atoms with Crippen molar-refractivity contribution in [2.45, 2.75) is 25.9 Å². The third-order valence-electron chi connectivity index (χ3n) is 2.07. The van der Waals surface area contributed by atoms with E-state index in [4.69, 9.17) is 15.1 Å². The maximum atomic E-state index is 10.4. The Balaban J connectivity index is 2.52. The minimum Gasteiger partial charge on any atom is -0.491 e. The molecule has 1 N–H and O–H groups in total. The fourth-order valence-electron chi connectivity index (χ4n) is 1.26. The summed E-state index contributed by atoms with van der Waals surface area (Å²) in [5.74, 6) is -0.238. The van der Waals surface area contributed by atoms with Crippen molar-refractivity contribution >= 4 is 5.97 Å². The first-order valence-electron chi connectivity index (χ1n) is 5.00. The average Bonchev–Trinajstić information content (AvgIpc) is 2.26. The molecular formula is C12H13NO3. The van der Waals surface area contributed by atoms with Gasteiger partial charge < -0.3 is 9.84 Å². The summed E-state index contributed by atoms with van der Waals surface area (Å²) < 4.78 is 5.49. The lowest BCUT2D eigenvalue weighted by atomic mass is 10.2. The summed E-state index contributed by atoms with van der Waals surface area (Å²) in [7, 11) is 0. The number of benzene rings is 1.